The molecule has 0 saturated heterocycles. The molecule has 20 heavy (non-hydrogen) atoms. The van der Waals surface area contributed by atoms with Gasteiger partial charge in [0.2, 0.25) is 0 Å². The number of nitrogens with two attached hydrogens (primary N) is 1. The van der Waals surface area contributed by atoms with Crippen molar-refractivity contribution in [2.45, 2.75) is 6.54 Å². The van der Waals surface area contributed by atoms with E-state index in [1.807, 2.05) is 43.4 Å². The van der Waals surface area contributed by atoms with E-state index in [-0.39, 0.29) is 12.4 Å². The molecule has 2 N–H and O–H groups in total. The zero-order valence-corrected chi connectivity index (χ0v) is 12.7. The largest absolute Gasteiger partial charge is 0.346 e. The van der Waals surface area contributed by atoms with Crippen LogP contribution in [0.5, 0.6) is 0 Å². The first-order chi connectivity index (χ1) is 9.22. The fourth-order valence-corrected chi connectivity index (χ4v) is 2.81. The monoisotopic (exact) mass is 306 g/mol. The van der Waals surface area contributed by atoms with Crippen LogP contribution >= 0.6 is 24.0 Å². The second-order valence-corrected chi connectivity index (χ2v) is 5.05. The van der Waals surface area contributed by atoms with Crippen molar-refractivity contribution in [3.8, 4) is 11.1 Å². The molecule has 0 aliphatic rings. The molecule has 0 aliphatic heterocycles. The van der Waals surface area contributed by atoms with Crippen molar-refractivity contribution < 1.29 is 0 Å². The van der Waals surface area contributed by atoms with Crippen LogP contribution in [-0.2, 0) is 13.6 Å². The fraction of sp³-hybridized carbons (Fsp3) is 0.125. The average molecular weight is 307 g/mol. The first-order valence-corrected chi connectivity index (χ1v) is 6.62. The Morgan fingerprint density at radius 2 is 1.80 bits per heavy atom. The van der Waals surface area contributed by atoms with Crippen molar-refractivity contribution in [2.75, 3.05) is 0 Å². The van der Waals surface area contributed by atoms with Crippen molar-refractivity contribution in [3.63, 3.8) is 0 Å². The molecule has 0 fully saturated rings. The Morgan fingerprint density at radius 1 is 1.10 bits per heavy atom. The van der Waals surface area contributed by atoms with Crippen molar-refractivity contribution in [1.29, 1.82) is 0 Å². The molecule has 0 saturated carbocycles. The second-order valence-electron chi connectivity index (χ2n) is 4.61. The lowest BCUT2D eigenvalue weighted by Crippen LogP contribution is -2.04. The number of aromatic nitrogens is 1. The molecule has 0 atom stereocenters. The lowest BCUT2D eigenvalue weighted by Gasteiger charge is -2.05. The first-order valence-electron chi connectivity index (χ1n) is 6.24. The normalized spacial score (nSPS) is 10.6. The summed E-state index contributed by atoms with van der Waals surface area (Å²) in [6.45, 7) is 0.507. The van der Waals surface area contributed by atoms with E-state index in [0.29, 0.717) is 6.54 Å². The van der Waals surface area contributed by atoms with Crippen molar-refractivity contribution in [2.24, 2.45) is 12.8 Å². The molecule has 0 aliphatic carbocycles. The molecular formula is C16H16Cl2N2. The molecule has 2 aromatic carbocycles. The molecular weight excluding hydrogens is 291 g/mol. The van der Waals surface area contributed by atoms with Gasteiger partial charge in [0.05, 0.1) is 0 Å². The van der Waals surface area contributed by atoms with Crippen molar-refractivity contribution in [3.05, 3.63) is 59.2 Å². The minimum Gasteiger partial charge on any atom is -0.346 e. The van der Waals surface area contributed by atoms with Crippen molar-refractivity contribution in [1.82, 2.24) is 4.57 Å². The number of benzene rings is 2. The molecule has 0 amide bonds. The zero-order valence-electron chi connectivity index (χ0n) is 11.1. The third-order valence-electron chi connectivity index (χ3n) is 3.54. The maximum Gasteiger partial charge on any atom is 0.0487 e. The maximum absolute atomic E-state index is 6.14. The average Bonchev–Trinajstić information content (AvgIpc) is 2.71. The van der Waals surface area contributed by atoms with E-state index in [4.69, 9.17) is 17.3 Å². The first kappa shape index (κ1) is 14.9. The van der Waals surface area contributed by atoms with E-state index in [1.54, 1.807) is 0 Å². The van der Waals surface area contributed by atoms with Gasteiger partial charge in [-0.3, -0.25) is 0 Å². The molecule has 2 nitrogen and oxygen atoms in total. The third-order valence-corrected chi connectivity index (χ3v) is 3.77. The van der Waals surface area contributed by atoms with Crippen LogP contribution in [0.2, 0.25) is 5.02 Å². The number of rotatable bonds is 2. The van der Waals surface area contributed by atoms with Crippen LogP contribution in [-0.4, -0.2) is 4.57 Å². The van der Waals surface area contributed by atoms with Gasteiger partial charge >= 0.3 is 0 Å². The highest BCUT2D eigenvalue weighted by Crippen LogP contribution is 2.35. The second kappa shape index (κ2) is 5.88. The van der Waals surface area contributed by atoms with Gasteiger partial charge in [0.15, 0.2) is 0 Å². The fourth-order valence-electron chi connectivity index (χ4n) is 2.64. The number of hydrogen-bond acceptors (Lipinski definition) is 1. The minimum atomic E-state index is 0. The van der Waals surface area contributed by atoms with Gasteiger partial charge in [0.25, 0.3) is 0 Å². The van der Waals surface area contributed by atoms with Crippen LogP contribution in [0.3, 0.4) is 0 Å². The number of hydrogen-bond donors (Lipinski definition) is 1. The van der Waals surface area contributed by atoms with Crippen LogP contribution in [0, 0.1) is 0 Å². The molecule has 0 unspecified atom stereocenters. The molecule has 0 bridgehead atoms. The Labute approximate surface area is 129 Å². The molecule has 4 heteroatoms. The topological polar surface area (TPSA) is 30.9 Å². The molecule has 1 aromatic heterocycles. The summed E-state index contributed by atoms with van der Waals surface area (Å²) in [5.74, 6) is 0. The summed E-state index contributed by atoms with van der Waals surface area (Å²) in [4.78, 5) is 0. The molecule has 0 radical (unpaired) electrons. The van der Waals surface area contributed by atoms with Gasteiger partial charge in [0.1, 0.15) is 0 Å². The summed E-state index contributed by atoms with van der Waals surface area (Å²) in [7, 11) is 2.05. The summed E-state index contributed by atoms with van der Waals surface area (Å²) in [5.41, 5.74) is 10.6. The number of halogens is 2. The molecule has 3 rings (SSSR count). The van der Waals surface area contributed by atoms with Gasteiger partial charge in [-0.15, -0.1) is 12.4 Å². The Bertz CT molecular complexity index is 733. The van der Waals surface area contributed by atoms with Crippen LogP contribution in [0.25, 0.3) is 22.0 Å². The van der Waals surface area contributed by atoms with Gasteiger partial charge in [-0.1, -0.05) is 41.9 Å². The highest BCUT2D eigenvalue weighted by Gasteiger charge is 2.15. The van der Waals surface area contributed by atoms with Crippen LogP contribution in [0.1, 0.15) is 5.69 Å². The van der Waals surface area contributed by atoms with Gasteiger partial charge in [-0.2, -0.15) is 0 Å². The van der Waals surface area contributed by atoms with E-state index >= 15 is 0 Å². The van der Waals surface area contributed by atoms with Gasteiger partial charge in [-0.05, 0) is 23.8 Å². The molecule has 1 heterocycles. The lowest BCUT2D eigenvalue weighted by molar-refractivity contribution is 0.851. The zero-order chi connectivity index (χ0) is 13.4. The van der Waals surface area contributed by atoms with Crippen LogP contribution in [0.15, 0.2) is 48.5 Å². The number of nitrogens with zero attached hydrogens (tertiary/aromatic N) is 1. The summed E-state index contributed by atoms with van der Waals surface area (Å²) in [6, 6.07) is 16.3. The van der Waals surface area contributed by atoms with E-state index in [0.717, 1.165) is 21.6 Å². The third kappa shape index (κ3) is 2.31. The molecule has 3 aromatic rings. The summed E-state index contributed by atoms with van der Waals surface area (Å²) < 4.78 is 2.15. The Kier molecular flexibility index (Phi) is 4.39. The van der Waals surface area contributed by atoms with E-state index in [2.05, 4.69) is 16.7 Å². The predicted octanol–water partition coefficient (Wildman–Crippen LogP) is 4.38. The lowest BCUT2D eigenvalue weighted by atomic mass is 10.0. The minimum absolute atomic E-state index is 0. The van der Waals surface area contributed by atoms with Crippen LogP contribution in [0.4, 0.5) is 0 Å². The number of fused-ring (bicyclic) bond motifs is 1. The standard InChI is InChI=1S/C16H15ClN2.ClH/c1-19-14-8-7-12(17)9-13(14)16(15(19)10-18)11-5-3-2-4-6-11;/h2-9H,10,18H2,1H3;1H. The molecule has 0 spiro atoms. The summed E-state index contributed by atoms with van der Waals surface area (Å²) in [5, 5.41) is 1.90. The van der Waals surface area contributed by atoms with E-state index in [1.165, 1.54) is 11.1 Å². The van der Waals surface area contributed by atoms with Gasteiger partial charge in [-0.25, -0.2) is 0 Å². The molecule has 104 valence electrons. The van der Waals surface area contributed by atoms with Gasteiger partial charge < -0.3 is 10.3 Å². The summed E-state index contributed by atoms with van der Waals surface area (Å²) in [6.07, 6.45) is 0. The van der Waals surface area contributed by atoms with Crippen LogP contribution < -0.4 is 5.73 Å². The van der Waals surface area contributed by atoms with Gasteiger partial charge in [0, 0.05) is 40.8 Å². The maximum atomic E-state index is 6.14. The predicted molar refractivity (Wildman–Crippen MR) is 88.5 cm³/mol. The van der Waals surface area contributed by atoms with E-state index < -0.39 is 0 Å². The van der Waals surface area contributed by atoms with Crippen molar-refractivity contribution >= 4 is 34.9 Å². The Hall–Kier alpha value is -1.48. The smallest absolute Gasteiger partial charge is 0.0487 e. The van der Waals surface area contributed by atoms with E-state index in [9.17, 15) is 0 Å². The SMILES string of the molecule is Cl.Cn1c(CN)c(-c2ccccc2)c2cc(Cl)ccc21. The number of aryl methyl sites for hydroxylation is 1. The quantitative estimate of drug-likeness (QED) is 0.748. The highest BCUT2D eigenvalue weighted by molar-refractivity contribution is 6.31. The Morgan fingerprint density at radius 3 is 2.45 bits per heavy atom. The highest BCUT2D eigenvalue weighted by atomic mass is 35.5. The Balaban J connectivity index is 0.00000147. The summed E-state index contributed by atoms with van der Waals surface area (Å²) >= 11 is 6.14.